The molecule has 0 N–H and O–H groups in total. The van der Waals surface area contributed by atoms with Gasteiger partial charge in [0.15, 0.2) is 5.78 Å². The third-order valence-corrected chi connectivity index (χ3v) is 4.97. The molecule has 0 amide bonds. The van der Waals surface area contributed by atoms with Crippen LogP contribution in [0.5, 0.6) is 0 Å². The van der Waals surface area contributed by atoms with E-state index in [1.54, 1.807) is 6.08 Å². The van der Waals surface area contributed by atoms with Crippen molar-refractivity contribution in [3.63, 3.8) is 0 Å². The molecule has 3 rings (SSSR count). The van der Waals surface area contributed by atoms with Crippen molar-refractivity contribution in [2.24, 2.45) is 0 Å². The molecule has 0 bridgehead atoms. The molecular formula is C23H27NO. The lowest BCUT2D eigenvalue weighted by atomic mass is 9.95. The van der Waals surface area contributed by atoms with E-state index < -0.39 is 0 Å². The number of likely N-dealkylation sites (tertiary alicyclic amines) is 1. The number of nitrogens with zero attached hydrogens (tertiary/aromatic N) is 1. The van der Waals surface area contributed by atoms with Crippen LogP contribution in [-0.2, 0) is 11.2 Å². The Morgan fingerprint density at radius 1 is 1.00 bits per heavy atom. The topological polar surface area (TPSA) is 20.3 Å². The summed E-state index contributed by atoms with van der Waals surface area (Å²) in [6, 6.07) is 21.3. The Morgan fingerprint density at radius 3 is 2.48 bits per heavy atom. The first kappa shape index (κ1) is 17.6. The van der Waals surface area contributed by atoms with Gasteiger partial charge in [-0.3, -0.25) is 9.69 Å². The first-order valence-corrected chi connectivity index (χ1v) is 9.35. The molecule has 0 radical (unpaired) electrons. The number of hydrogen-bond acceptors (Lipinski definition) is 2. The van der Waals surface area contributed by atoms with E-state index in [2.05, 4.69) is 35.2 Å². The van der Waals surface area contributed by atoms with Gasteiger partial charge in [0.2, 0.25) is 0 Å². The number of carbonyl (C=O) groups excluding carboxylic acids is 1. The highest BCUT2D eigenvalue weighted by atomic mass is 16.1. The van der Waals surface area contributed by atoms with E-state index in [4.69, 9.17) is 0 Å². The molecule has 1 fully saturated rings. The van der Waals surface area contributed by atoms with Gasteiger partial charge in [0.25, 0.3) is 0 Å². The van der Waals surface area contributed by atoms with Gasteiger partial charge in [0.05, 0.1) is 0 Å². The van der Waals surface area contributed by atoms with Gasteiger partial charge in [-0.1, -0.05) is 73.2 Å². The van der Waals surface area contributed by atoms with Crippen LogP contribution in [0.15, 0.2) is 66.7 Å². The number of carbonyl (C=O) groups is 1. The summed E-state index contributed by atoms with van der Waals surface area (Å²) in [5, 5.41) is 0. The maximum atomic E-state index is 12.2. The molecule has 0 saturated carbocycles. The van der Waals surface area contributed by atoms with Crippen LogP contribution in [0.3, 0.4) is 0 Å². The number of ketones is 1. The molecule has 2 nitrogen and oxygen atoms in total. The molecule has 2 aromatic rings. The van der Waals surface area contributed by atoms with Crippen molar-refractivity contribution in [2.75, 3.05) is 13.1 Å². The molecule has 2 aromatic carbocycles. The van der Waals surface area contributed by atoms with Crippen LogP contribution < -0.4 is 0 Å². The van der Waals surface area contributed by atoms with Gasteiger partial charge in [-0.15, -0.1) is 0 Å². The largest absolute Gasteiger partial charge is 0.300 e. The zero-order chi connectivity index (χ0) is 17.3. The number of rotatable bonds is 7. The number of hydrogen-bond donors (Lipinski definition) is 0. The van der Waals surface area contributed by atoms with Crippen molar-refractivity contribution in [3.05, 3.63) is 77.9 Å². The summed E-state index contributed by atoms with van der Waals surface area (Å²) in [4.78, 5) is 14.7. The molecule has 1 aliphatic heterocycles. The van der Waals surface area contributed by atoms with E-state index in [0.717, 1.165) is 25.1 Å². The lowest BCUT2D eigenvalue weighted by Gasteiger charge is -2.35. The molecule has 0 aliphatic carbocycles. The molecule has 130 valence electrons. The van der Waals surface area contributed by atoms with Crippen molar-refractivity contribution in [2.45, 2.75) is 38.1 Å². The summed E-state index contributed by atoms with van der Waals surface area (Å²) >= 11 is 0. The Bertz CT molecular complexity index is 678. The summed E-state index contributed by atoms with van der Waals surface area (Å²) in [6.45, 7) is 1.99. The van der Waals surface area contributed by atoms with Crippen molar-refractivity contribution < 1.29 is 4.79 Å². The second-order valence-corrected chi connectivity index (χ2v) is 6.84. The molecule has 0 aromatic heterocycles. The van der Waals surface area contributed by atoms with Gasteiger partial charge in [0.1, 0.15) is 0 Å². The molecule has 1 unspecified atom stereocenters. The van der Waals surface area contributed by atoms with Crippen LogP contribution in [0, 0.1) is 0 Å². The third kappa shape index (κ3) is 5.68. The number of piperidine rings is 1. The SMILES string of the molecule is O=C(C=Cc1ccccc1)CCN1CCCCC1Cc1ccccc1. The van der Waals surface area contributed by atoms with Crippen molar-refractivity contribution in [1.29, 1.82) is 0 Å². The van der Waals surface area contributed by atoms with Crippen LogP contribution in [0.25, 0.3) is 6.08 Å². The molecule has 1 saturated heterocycles. The zero-order valence-electron chi connectivity index (χ0n) is 14.8. The third-order valence-electron chi connectivity index (χ3n) is 4.97. The monoisotopic (exact) mass is 333 g/mol. The second-order valence-electron chi connectivity index (χ2n) is 6.84. The van der Waals surface area contributed by atoms with Crippen molar-refractivity contribution in [1.82, 2.24) is 4.90 Å². The van der Waals surface area contributed by atoms with E-state index in [1.165, 1.54) is 24.8 Å². The number of allylic oxidation sites excluding steroid dienone is 1. The summed E-state index contributed by atoms with van der Waals surface area (Å²) in [5.74, 6) is 0.216. The van der Waals surface area contributed by atoms with E-state index in [1.807, 2.05) is 36.4 Å². The smallest absolute Gasteiger partial charge is 0.156 e. The minimum Gasteiger partial charge on any atom is -0.300 e. The molecule has 1 aliphatic rings. The predicted molar refractivity (Wildman–Crippen MR) is 104 cm³/mol. The van der Waals surface area contributed by atoms with Gasteiger partial charge in [-0.25, -0.2) is 0 Å². The van der Waals surface area contributed by atoms with E-state index in [0.29, 0.717) is 12.5 Å². The second kappa shape index (κ2) is 9.33. The van der Waals surface area contributed by atoms with E-state index in [9.17, 15) is 4.79 Å². The zero-order valence-corrected chi connectivity index (χ0v) is 14.8. The molecule has 1 atom stereocenters. The molecule has 2 heteroatoms. The fourth-order valence-electron chi connectivity index (χ4n) is 3.56. The standard InChI is InChI=1S/C23H27NO/c25-23(15-14-20-9-3-1-4-10-20)16-18-24-17-8-7-13-22(24)19-21-11-5-2-6-12-21/h1-6,9-12,14-15,22H,7-8,13,16-19H2. The first-order valence-electron chi connectivity index (χ1n) is 9.35. The highest BCUT2D eigenvalue weighted by molar-refractivity contribution is 5.93. The van der Waals surface area contributed by atoms with Crippen molar-refractivity contribution in [3.8, 4) is 0 Å². The maximum absolute atomic E-state index is 12.2. The summed E-state index contributed by atoms with van der Waals surface area (Å²) < 4.78 is 0. The summed E-state index contributed by atoms with van der Waals surface area (Å²) in [5.41, 5.74) is 2.48. The lowest BCUT2D eigenvalue weighted by Crippen LogP contribution is -2.41. The summed E-state index contributed by atoms with van der Waals surface area (Å²) in [6.07, 6.45) is 9.13. The minimum absolute atomic E-state index is 0.216. The highest BCUT2D eigenvalue weighted by Gasteiger charge is 2.22. The van der Waals surface area contributed by atoms with Crippen LogP contribution >= 0.6 is 0 Å². The average molecular weight is 333 g/mol. The van der Waals surface area contributed by atoms with Gasteiger partial charge >= 0.3 is 0 Å². The lowest BCUT2D eigenvalue weighted by molar-refractivity contribution is -0.115. The minimum atomic E-state index is 0.216. The Kier molecular flexibility index (Phi) is 6.58. The van der Waals surface area contributed by atoms with Gasteiger partial charge < -0.3 is 0 Å². The first-order chi connectivity index (χ1) is 12.3. The quantitative estimate of drug-likeness (QED) is 0.681. The fraction of sp³-hybridized carbons (Fsp3) is 0.348. The Balaban J connectivity index is 1.51. The Hall–Kier alpha value is -2.19. The molecule has 0 spiro atoms. The predicted octanol–water partition coefficient (Wildman–Crippen LogP) is 4.76. The fourth-order valence-corrected chi connectivity index (χ4v) is 3.56. The number of benzene rings is 2. The Labute approximate surface area is 151 Å². The van der Waals surface area contributed by atoms with Crippen LogP contribution in [0.4, 0.5) is 0 Å². The van der Waals surface area contributed by atoms with E-state index in [-0.39, 0.29) is 5.78 Å². The van der Waals surface area contributed by atoms with Gasteiger partial charge in [-0.2, -0.15) is 0 Å². The maximum Gasteiger partial charge on any atom is 0.156 e. The van der Waals surface area contributed by atoms with E-state index >= 15 is 0 Å². The average Bonchev–Trinajstić information content (AvgIpc) is 2.67. The molecule has 1 heterocycles. The molecule has 25 heavy (non-hydrogen) atoms. The van der Waals surface area contributed by atoms with Crippen LogP contribution in [0.1, 0.15) is 36.8 Å². The van der Waals surface area contributed by atoms with Crippen LogP contribution in [-0.4, -0.2) is 29.8 Å². The van der Waals surface area contributed by atoms with Crippen LogP contribution in [0.2, 0.25) is 0 Å². The van der Waals surface area contributed by atoms with Crippen molar-refractivity contribution >= 4 is 11.9 Å². The Morgan fingerprint density at radius 2 is 1.72 bits per heavy atom. The summed E-state index contributed by atoms with van der Waals surface area (Å²) in [7, 11) is 0. The highest BCUT2D eigenvalue weighted by Crippen LogP contribution is 2.21. The molecular weight excluding hydrogens is 306 g/mol. The van der Waals surface area contributed by atoms with Gasteiger partial charge in [-0.05, 0) is 43.0 Å². The van der Waals surface area contributed by atoms with Gasteiger partial charge in [0, 0.05) is 19.0 Å². The normalized spacial score (nSPS) is 18.5.